The molecule has 12 unspecified atom stereocenters. The Morgan fingerprint density at radius 1 is 0.446 bits per heavy atom. The van der Waals surface area contributed by atoms with Gasteiger partial charge in [0.05, 0.1) is 32.0 Å². The van der Waals surface area contributed by atoms with Crippen LogP contribution in [0.15, 0.2) is 109 Å². The van der Waals surface area contributed by atoms with E-state index in [4.69, 9.17) is 18.9 Å². The van der Waals surface area contributed by atoms with Gasteiger partial charge in [0.25, 0.3) is 0 Å². The third-order valence-corrected chi connectivity index (χ3v) is 15.3. The molecule has 0 aromatic carbocycles. The van der Waals surface area contributed by atoms with Gasteiger partial charge in [-0.25, -0.2) is 0 Å². The number of carbonyl (C=O) groups is 1. The molecule has 0 aliphatic carbocycles. The molecule has 0 aromatic heterocycles. The van der Waals surface area contributed by atoms with Gasteiger partial charge >= 0.3 is 0 Å². The summed E-state index contributed by atoms with van der Waals surface area (Å²) in [6.07, 6.45) is 58.0. The fraction of sp³-hybridized carbons (Fsp3) is 0.725. The van der Waals surface area contributed by atoms with Crippen molar-refractivity contribution in [3.8, 4) is 0 Å². The summed E-state index contributed by atoms with van der Waals surface area (Å²) in [4.78, 5) is 13.3. The van der Waals surface area contributed by atoms with Crippen molar-refractivity contribution in [3.05, 3.63) is 109 Å². The van der Waals surface area contributed by atoms with E-state index in [9.17, 15) is 45.6 Å². The number of aliphatic hydroxyl groups excluding tert-OH is 8. The molecule has 0 spiro atoms. The number of allylic oxidation sites excluding steroid dienone is 18. The number of hydrogen-bond donors (Lipinski definition) is 9. The average Bonchev–Trinajstić information content (AvgIpc) is 3.64. The molecule has 14 heteroatoms. The zero-order valence-electron chi connectivity index (χ0n) is 51.4. The highest BCUT2D eigenvalue weighted by Crippen LogP contribution is 2.30. The van der Waals surface area contributed by atoms with E-state index in [0.29, 0.717) is 12.8 Å². The highest BCUT2D eigenvalue weighted by atomic mass is 16.7. The molecule has 14 nitrogen and oxygen atoms in total. The Morgan fingerprint density at radius 3 is 1.27 bits per heavy atom. The first kappa shape index (κ1) is 75.7. The number of aliphatic hydroxyl groups is 8. The normalized spacial score (nSPS) is 24.6. The van der Waals surface area contributed by atoms with Crippen molar-refractivity contribution in [2.45, 2.75) is 299 Å². The fourth-order valence-electron chi connectivity index (χ4n) is 10.1. The van der Waals surface area contributed by atoms with Crippen LogP contribution in [0.3, 0.4) is 0 Å². The van der Waals surface area contributed by atoms with Crippen LogP contribution in [0.2, 0.25) is 0 Å². The van der Waals surface area contributed by atoms with E-state index in [1.165, 1.54) is 89.9 Å². The van der Waals surface area contributed by atoms with E-state index in [1.54, 1.807) is 0 Å². The molecule has 1 amide bonds. The third-order valence-electron chi connectivity index (χ3n) is 15.3. The summed E-state index contributed by atoms with van der Waals surface area (Å²) < 4.78 is 22.8. The van der Waals surface area contributed by atoms with Crippen molar-refractivity contribution < 1.29 is 64.6 Å². The van der Waals surface area contributed by atoms with Gasteiger partial charge < -0.3 is 65.1 Å². The number of nitrogens with one attached hydrogen (secondary N) is 1. The summed E-state index contributed by atoms with van der Waals surface area (Å²) >= 11 is 0. The van der Waals surface area contributed by atoms with Gasteiger partial charge in [0, 0.05) is 6.42 Å². The van der Waals surface area contributed by atoms with Gasteiger partial charge in [-0.1, -0.05) is 245 Å². The monoisotopic (exact) mass is 1170 g/mol. The highest BCUT2D eigenvalue weighted by Gasteiger charge is 2.51. The minimum atomic E-state index is -1.79. The van der Waals surface area contributed by atoms with Crippen molar-refractivity contribution >= 4 is 5.91 Å². The molecule has 2 aliphatic rings. The van der Waals surface area contributed by atoms with Crippen LogP contribution in [0.4, 0.5) is 0 Å². The van der Waals surface area contributed by atoms with E-state index < -0.39 is 86.8 Å². The molecule has 2 fully saturated rings. The molecule has 2 heterocycles. The van der Waals surface area contributed by atoms with Crippen molar-refractivity contribution in [1.82, 2.24) is 5.32 Å². The van der Waals surface area contributed by atoms with Gasteiger partial charge in [0.1, 0.15) is 48.8 Å². The Hall–Kier alpha value is -3.35. The summed E-state index contributed by atoms with van der Waals surface area (Å²) in [5.41, 5.74) is 0. The molecule has 2 rings (SSSR count). The topological polar surface area (TPSA) is 228 Å². The van der Waals surface area contributed by atoms with Crippen molar-refractivity contribution in [1.29, 1.82) is 0 Å². The van der Waals surface area contributed by atoms with Crippen LogP contribution in [0.25, 0.3) is 0 Å². The van der Waals surface area contributed by atoms with Crippen LogP contribution in [0, 0.1) is 0 Å². The first-order valence-electron chi connectivity index (χ1n) is 32.6. The molecule has 0 saturated carbocycles. The maximum atomic E-state index is 13.3. The fourth-order valence-corrected chi connectivity index (χ4v) is 10.1. The lowest BCUT2D eigenvalue weighted by atomic mass is 9.97. The van der Waals surface area contributed by atoms with Crippen molar-refractivity contribution in [3.63, 3.8) is 0 Å². The Labute approximate surface area is 502 Å². The van der Waals surface area contributed by atoms with E-state index >= 15 is 0 Å². The number of rotatable bonds is 51. The van der Waals surface area contributed by atoms with Gasteiger partial charge in [-0.2, -0.15) is 0 Å². The van der Waals surface area contributed by atoms with Crippen LogP contribution < -0.4 is 5.32 Å². The average molecular weight is 1170 g/mol. The molecule has 476 valence electrons. The Bertz CT molecular complexity index is 1810. The molecule has 83 heavy (non-hydrogen) atoms. The number of unbranched alkanes of at least 4 members (excludes halogenated alkanes) is 20. The van der Waals surface area contributed by atoms with Crippen LogP contribution in [0.5, 0.6) is 0 Å². The third kappa shape index (κ3) is 37.7. The first-order valence-corrected chi connectivity index (χ1v) is 32.6. The van der Waals surface area contributed by atoms with Crippen molar-refractivity contribution in [2.75, 3.05) is 19.8 Å². The van der Waals surface area contributed by atoms with Crippen LogP contribution in [-0.4, -0.2) is 140 Å². The maximum absolute atomic E-state index is 13.3. The first-order chi connectivity index (χ1) is 40.6. The number of hydrogen-bond acceptors (Lipinski definition) is 13. The predicted octanol–water partition coefficient (Wildman–Crippen LogP) is 12.4. The van der Waals surface area contributed by atoms with Crippen LogP contribution >= 0.6 is 0 Å². The SMILES string of the molecule is CC/C=C\C/C=C\C/C=C\C/C=C\C/C=C\C/C=C\C/C=C\C/C=C\C/C=C\CCCCCC(=O)NC(COC1OC(CO)C(OC2OC(CO)C(O)C(O)C2O)C(O)C1O)C(O)CCCCCCCCCCCCCCCCCCCC. The van der Waals surface area contributed by atoms with E-state index in [2.05, 4.69) is 129 Å². The maximum Gasteiger partial charge on any atom is 0.220 e. The molecule has 2 saturated heterocycles. The summed E-state index contributed by atoms with van der Waals surface area (Å²) in [7, 11) is 0. The van der Waals surface area contributed by atoms with Gasteiger partial charge in [-0.05, 0) is 83.5 Å². The minimum absolute atomic E-state index is 0.242. The molecule has 9 N–H and O–H groups in total. The quantitative estimate of drug-likeness (QED) is 0.0204. The van der Waals surface area contributed by atoms with Gasteiger partial charge in [-0.3, -0.25) is 4.79 Å². The molecular weight excluding hydrogens is 1050 g/mol. The second kappa shape index (κ2) is 52.9. The lowest BCUT2D eigenvalue weighted by molar-refractivity contribution is -0.359. The zero-order chi connectivity index (χ0) is 60.2. The Kier molecular flexibility index (Phi) is 48.3. The predicted molar refractivity (Wildman–Crippen MR) is 336 cm³/mol. The second-order valence-corrected chi connectivity index (χ2v) is 22.5. The Morgan fingerprint density at radius 2 is 0.831 bits per heavy atom. The van der Waals surface area contributed by atoms with Gasteiger partial charge in [0.2, 0.25) is 5.91 Å². The zero-order valence-corrected chi connectivity index (χ0v) is 51.4. The summed E-state index contributed by atoms with van der Waals surface area (Å²) in [5.74, 6) is -0.242. The Balaban J connectivity index is 1.73. The summed E-state index contributed by atoms with van der Waals surface area (Å²) in [6.45, 7) is 2.73. The van der Waals surface area contributed by atoms with Gasteiger partial charge in [-0.15, -0.1) is 0 Å². The highest BCUT2D eigenvalue weighted by molar-refractivity contribution is 5.76. The van der Waals surface area contributed by atoms with E-state index in [-0.39, 0.29) is 18.9 Å². The lowest BCUT2D eigenvalue weighted by Crippen LogP contribution is -2.65. The molecule has 0 bridgehead atoms. The van der Waals surface area contributed by atoms with Crippen LogP contribution in [-0.2, 0) is 23.7 Å². The molecule has 12 atom stereocenters. The molecule has 0 radical (unpaired) electrons. The largest absolute Gasteiger partial charge is 0.394 e. The van der Waals surface area contributed by atoms with Crippen LogP contribution in [0.1, 0.15) is 226 Å². The second-order valence-electron chi connectivity index (χ2n) is 22.5. The molecular formula is C69H117NO13. The van der Waals surface area contributed by atoms with Crippen molar-refractivity contribution in [2.24, 2.45) is 0 Å². The number of carbonyl (C=O) groups excluding carboxylic acids is 1. The summed E-state index contributed by atoms with van der Waals surface area (Å²) in [6, 6.07) is -0.856. The number of ether oxygens (including phenoxy) is 4. The summed E-state index contributed by atoms with van der Waals surface area (Å²) in [5, 5.41) is 87.4. The minimum Gasteiger partial charge on any atom is -0.394 e. The molecule has 0 aromatic rings. The standard InChI is InChI=1S/C69H117NO13/c1-3-5-7-9-11-13-15-17-19-21-23-24-25-26-27-28-29-30-31-32-33-34-35-37-39-41-43-45-47-49-51-53-61(74)70-57(58(73)52-50-48-46-44-42-40-38-36-22-20-18-16-14-12-10-8-6-4-2)56-80-68-66(79)64(77)67(60(55-72)82-68)83-69-65(78)63(76)62(75)59(54-71)81-69/h5,7,11,13,17,19,23-24,26-27,29-30,32-33,35,37,41,43,57-60,62-69,71-73,75-79H,3-4,6,8-10,12,14-16,18,20-22,25,28,31,34,36,38-40,42,44-56H2,1-2H3,(H,70,74)/b7-5-,13-11-,19-17-,24-23-,27-26-,30-29-,33-32-,37-35-,43-41-. The van der Waals surface area contributed by atoms with E-state index in [1.807, 2.05) is 0 Å². The smallest absolute Gasteiger partial charge is 0.220 e. The number of amides is 1. The lowest BCUT2D eigenvalue weighted by Gasteiger charge is -2.46. The van der Waals surface area contributed by atoms with Gasteiger partial charge in [0.15, 0.2) is 12.6 Å². The van der Waals surface area contributed by atoms with E-state index in [0.717, 1.165) is 103 Å². The molecule has 2 aliphatic heterocycles.